The fraction of sp³-hybridized carbons (Fsp3) is 0.292. The van der Waals surface area contributed by atoms with Gasteiger partial charge in [0.1, 0.15) is 0 Å². The second-order valence-electron chi connectivity index (χ2n) is 7.94. The summed E-state index contributed by atoms with van der Waals surface area (Å²) in [4.78, 5) is 42.7. The molecule has 1 aliphatic rings. The number of nitrogens with one attached hydrogen (secondary N) is 3. The van der Waals surface area contributed by atoms with Crippen LogP contribution in [-0.2, 0) is 16.0 Å². The summed E-state index contributed by atoms with van der Waals surface area (Å²) in [5.74, 6) is -1.63. The molecule has 1 aliphatic heterocycles. The van der Waals surface area contributed by atoms with E-state index >= 15 is 0 Å². The Morgan fingerprint density at radius 2 is 1.71 bits per heavy atom. The maximum absolute atomic E-state index is 12.8. The Balaban J connectivity index is 1.39. The second kappa shape index (κ2) is 9.04. The number of hydrogen-bond acceptors (Lipinski definition) is 3. The summed E-state index contributed by atoms with van der Waals surface area (Å²) in [5.41, 5.74) is 2.86. The summed E-state index contributed by atoms with van der Waals surface area (Å²) in [6.07, 6.45) is 4.48. The van der Waals surface area contributed by atoms with Crippen LogP contribution in [0.5, 0.6) is 0 Å². The van der Waals surface area contributed by atoms with Crippen molar-refractivity contribution in [3.8, 4) is 0 Å². The molecule has 1 saturated heterocycles. The van der Waals surface area contributed by atoms with Crippen LogP contribution in [0.25, 0.3) is 10.9 Å². The zero-order valence-corrected chi connectivity index (χ0v) is 17.5. The van der Waals surface area contributed by atoms with E-state index in [4.69, 9.17) is 0 Å². The lowest BCUT2D eigenvalue weighted by atomic mass is 10.1. The van der Waals surface area contributed by atoms with Crippen molar-refractivity contribution in [1.29, 1.82) is 0 Å². The summed E-state index contributed by atoms with van der Waals surface area (Å²) in [7, 11) is 0. The zero-order valence-electron chi connectivity index (χ0n) is 17.5. The van der Waals surface area contributed by atoms with Crippen LogP contribution in [0.2, 0.25) is 0 Å². The number of amides is 3. The third kappa shape index (κ3) is 4.60. The third-order valence-corrected chi connectivity index (χ3v) is 5.58. The van der Waals surface area contributed by atoms with Crippen molar-refractivity contribution in [2.45, 2.75) is 32.2 Å². The van der Waals surface area contributed by atoms with Crippen molar-refractivity contribution in [3.63, 3.8) is 0 Å². The normalized spacial score (nSPS) is 14.4. The van der Waals surface area contributed by atoms with Crippen molar-refractivity contribution in [3.05, 3.63) is 65.9 Å². The summed E-state index contributed by atoms with van der Waals surface area (Å²) >= 11 is 0. The van der Waals surface area contributed by atoms with E-state index in [1.165, 1.54) is 0 Å². The average molecular weight is 418 g/mol. The largest absolute Gasteiger partial charge is 0.361 e. The predicted octanol–water partition coefficient (Wildman–Crippen LogP) is 3.09. The molecule has 160 valence electrons. The van der Waals surface area contributed by atoms with Crippen LogP contribution in [0.3, 0.4) is 0 Å². The van der Waals surface area contributed by atoms with E-state index in [1.807, 2.05) is 37.4 Å². The van der Waals surface area contributed by atoms with Crippen molar-refractivity contribution >= 4 is 34.3 Å². The highest BCUT2D eigenvalue weighted by Crippen LogP contribution is 2.21. The van der Waals surface area contributed by atoms with Gasteiger partial charge in [-0.15, -0.1) is 0 Å². The zero-order chi connectivity index (χ0) is 21.8. The molecule has 7 heteroatoms. The minimum absolute atomic E-state index is 0.124. The van der Waals surface area contributed by atoms with Crippen LogP contribution in [0.1, 0.15) is 35.7 Å². The summed E-state index contributed by atoms with van der Waals surface area (Å²) in [6.45, 7) is 3.29. The molecule has 7 nitrogen and oxygen atoms in total. The molecule has 1 aromatic heterocycles. The monoisotopic (exact) mass is 418 g/mol. The molecule has 0 radical (unpaired) electrons. The first-order valence-corrected chi connectivity index (χ1v) is 10.6. The number of hydrogen-bond donors (Lipinski definition) is 3. The highest BCUT2D eigenvalue weighted by molar-refractivity contribution is 6.40. The molecule has 1 atom stereocenters. The van der Waals surface area contributed by atoms with Gasteiger partial charge in [0.25, 0.3) is 5.91 Å². The standard InChI is InChI=1S/C24H26N4O3/c1-16(14-17-15-25-20-10-4-2-8-18(17)20)26-22(29)23(30)27-21-11-5-3-9-19(21)24(31)28-12-6-7-13-28/h2-5,8-11,15-16,25H,6-7,12-14H2,1H3,(H,26,29)(H,27,30)/t16-/m0/s1. The van der Waals surface area contributed by atoms with Gasteiger partial charge >= 0.3 is 11.8 Å². The van der Waals surface area contributed by atoms with Crippen LogP contribution in [0, 0.1) is 0 Å². The topological polar surface area (TPSA) is 94.3 Å². The molecule has 0 bridgehead atoms. The Bertz CT molecular complexity index is 1110. The number of carbonyl (C=O) groups excluding carboxylic acids is 3. The van der Waals surface area contributed by atoms with E-state index in [0.717, 1.165) is 29.3 Å². The highest BCUT2D eigenvalue weighted by Gasteiger charge is 2.24. The number of anilines is 1. The van der Waals surface area contributed by atoms with Gasteiger partial charge in [0.05, 0.1) is 11.3 Å². The molecular formula is C24H26N4O3. The summed E-state index contributed by atoms with van der Waals surface area (Å²) in [6, 6.07) is 14.5. The minimum atomic E-state index is -0.785. The van der Waals surface area contributed by atoms with Gasteiger partial charge in [-0.3, -0.25) is 14.4 Å². The van der Waals surface area contributed by atoms with Crippen LogP contribution in [0.4, 0.5) is 5.69 Å². The first-order valence-electron chi connectivity index (χ1n) is 10.6. The molecule has 3 N–H and O–H groups in total. The SMILES string of the molecule is C[C@@H](Cc1c[nH]c2ccccc12)NC(=O)C(=O)Nc1ccccc1C(=O)N1CCCC1. The lowest BCUT2D eigenvalue weighted by molar-refractivity contribution is -0.136. The number of nitrogens with zero attached hydrogens (tertiary/aromatic N) is 1. The van der Waals surface area contributed by atoms with E-state index in [0.29, 0.717) is 30.8 Å². The Hall–Kier alpha value is -3.61. The minimum Gasteiger partial charge on any atom is -0.361 e. The molecule has 31 heavy (non-hydrogen) atoms. The lowest BCUT2D eigenvalue weighted by Crippen LogP contribution is -2.41. The average Bonchev–Trinajstić information content (AvgIpc) is 3.44. The Labute approximate surface area is 180 Å². The smallest absolute Gasteiger partial charge is 0.313 e. The van der Waals surface area contributed by atoms with Crippen LogP contribution in [-0.4, -0.2) is 46.7 Å². The molecule has 0 saturated carbocycles. The van der Waals surface area contributed by atoms with Gasteiger partial charge in [-0.1, -0.05) is 30.3 Å². The quantitative estimate of drug-likeness (QED) is 0.556. The number of H-pyrrole nitrogens is 1. The van der Waals surface area contributed by atoms with Gasteiger partial charge in [-0.25, -0.2) is 0 Å². The molecule has 2 heterocycles. The number of para-hydroxylation sites is 2. The van der Waals surface area contributed by atoms with Crippen LogP contribution >= 0.6 is 0 Å². The Morgan fingerprint density at radius 3 is 2.52 bits per heavy atom. The third-order valence-electron chi connectivity index (χ3n) is 5.58. The summed E-state index contributed by atoms with van der Waals surface area (Å²) < 4.78 is 0. The van der Waals surface area contributed by atoms with Crippen molar-refractivity contribution < 1.29 is 14.4 Å². The van der Waals surface area contributed by atoms with Gasteiger partial charge in [0.15, 0.2) is 0 Å². The number of benzene rings is 2. The first-order chi connectivity index (χ1) is 15.0. The molecule has 0 spiro atoms. The number of fused-ring (bicyclic) bond motifs is 1. The molecule has 3 amide bonds. The second-order valence-corrected chi connectivity index (χ2v) is 7.94. The molecule has 0 unspecified atom stereocenters. The maximum Gasteiger partial charge on any atom is 0.313 e. The summed E-state index contributed by atoms with van der Waals surface area (Å²) in [5, 5.41) is 6.45. The molecule has 0 aliphatic carbocycles. The fourth-order valence-electron chi connectivity index (χ4n) is 4.02. The molecule has 3 aromatic rings. The van der Waals surface area contributed by atoms with Crippen LogP contribution in [0.15, 0.2) is 54.7 Å². The first kappa shape index (κ1) is 20.7. The van der Waals surface area contributed by atoms with Crippen molar-refractivity contribution in [2.75, 3.05) is 18.4 Å². The van der Waals surface area contributed by atoms with Crippen LogP contribution < -0.4 is 10.6 Å². The lowest BCUT2D eigenvalue weighted by Gasteiger charge is -2.18. The molecule has 2 aromatic carbocycles. The van der Waals surface area contributed by atoms with Crippen molar-refractivity contribution in [1.82, 2.24) is 15.2 Å². The number of rotatable bonds is 5. The van der Waals surface area contributed by atoms with Gasteiger partial charge in [-0.05, 0) is 49.9 Å². The maximum atomic E-state index is 12.8. The highest BCUT2D eigenvalue weighted by atomic mass is 16.2. The number of carbonyl (C=O) groups is 3. The van der Waals surface area contributed by atoms with E-state index < -0.39 is 11.8 Å². The van der Waals surface area contributed by atoms with Gasteiger partial charge in [0, 0.05) is 36.2 Å². The van der Waals surface area contributed by atoms with Gasteiger partial charge < -0.3 is 20.5 Å². The number of aromatic amines is 1. The number of likely N-dealkylation sites (tertiary alicyclic amines) is 1. The molecule has 1 fully saturated rings. The number of aromatic nitrogens is 1. The van der Waals surface area contributed by atoms with E-state index in [-0.39, 0.29) is 11.9 Å². The van der Waals surface area contributed by atoms with E-state index in [1.54, 1.807) is 29.2 Å². The van der Waals surface area contributed by atoms with E-state index in [2.05, 4.69) is 15.6 Å². The van der Waals surface area contributed by atoms with Gasteiger partial charge in [0.2, 0.25) is 0 Å². The molecule has 4 rings (SSSR count). The van der Waals surface area contributed by atoms with Crippen molar-refractivity contribution in [2.24, 2.45) is 0 Å². The Morgan fingerprint density at radius 1 is 1.00 bits per heavy atom. The predicted molar refractivity (Wildman–Crippen MR) is 120 cm³/mol. The van der Waals surface area contributed by atoms with Gasteiger partial charge in [-0.2, -0.15) is 0 Å². The molecular weight excluding hydrogens is 392 g/mol. The Kier molecular flexibility index (Phi) is 6.02. The van der Waals surface area contributed by atoms with E-state index in [9.17, 15) is 14.4 Å². The fourth-order valence-corrected chi connectivity index (χ4v) is 4.02.